The van der Waals surface area contributed by atoms with E-state index >= 15 is 0 Å². The zero-order chi connectivity index (χ0) is 28.6. The molecule has 6 rings (SSSR count). The van der Waals surface area contributed by atoms with E-state index in [1.807, 2.05) is 60.7 Å². The molecule has 1 atom stereocenters. The van der Waals surface area contributed by atoms with E-state index in [1.54, 1.807) is 58.6 Å². The minimum absolute atomic E-state index is 0.0420. The summed E-state index contributed by atoms with van der Waals surface area (Å²) in [5.41, 5.74) is 1.36. The normalized spacial score (nSPS) is 16.0. The van der Waals surface area contributed by atoms with Crippen molar-refractivity contribution in [2.45, 2.75) is 4.90 Å². The van der Waals surface area contributed by atoms with Crippen LogP contribution in [0.25, 0.3) is 17.0 Å². The molecule has 0 saturated carbocycles. The van der Waals surface area contributed by atoms with E-state index in [0.29, 0.717) is 33.3 Å². The monoisotopic (exact) mass is 577 g/mol. The van der Waals surface area contributed by atoms with E-state index in [9.17, 15) is 13.8 Å². The van der Waals surface area contributed by atoms with Crippen LogP contribution in [0.5, 0.6) is 11.5 Å². The molecule has 0 radical (unpaired) electrons. The Kier molecular flexibility index (Phi) is 6.74. The molecular weight excluding hydrogens is 555 g/mol. The minimum Gasteiger partial charge on any atom is -0.457 e. The number of carbonyl (C=O) groups is 2. The summed E-state index contributed by atoms with van der Waals surface area (Å²) in [6.45, 7) is 0. The molecule has 1 fully saturated rings. The van der Waals surface area contributed by atoms with E-state index in [2.05, 4.69) is 11.2 Å². The lowest BCUT2D eigenvalue weighted by atomic mass is 10.1. The Hall–Kier alpha value is -4.99. The van der Waals surface area contributed by atoms with Crippen LogP contribution >= 0.6 is 12.2 Å². The minimum atomic E-state index is -3.07. The van der Waals surface area contributed by atoms with Crippen LogP contribution in [0, 0.1) is 0 Å². The van der Waals surface area contributed by atoms with E-state index < -0.39 is 21.5 Å². The van der Waals surface area contributed by atoms with Crippen molar-refractivity contribution in [1.82, 2.24) is 9.29 Å². The van der Waals surface area contributed by atoms with Gasteiger partial charge in [0.15, 0.2) is 5.11 Å². The van der Waals surface area contributed by atoms with Gasteiger partial charge in [0, 0.05) is 10.3 Å². The number of carbonyl (C=O) groups excluding carboxylic acids is 2. The highest BCUT2D eigenvalue weighted by Crippen LogP contribution is 2.30. The van der Waals surface area contributed by atoms with Crippen molar-refractivity contribution in [2.75, 3.05) is 4.90 Å². The number of aromatic nitrogens is 1. The van der Waals surface area contributed by atoms with E-state index in [0.717, 1.165) is 5.39 Å². The van der Waals surface area contributed by atoms with Crippen molar-refractivity contribution < 1.29 is 18.5 Å². The van der Waals surface area contributed by atoms with Crippen LogP contribution in [-0.4, -0.2) is 31.0 Å². The summed E-state index contributed by atoms with van der Waals surface area (Å²) in [4.78, 5) is 28.6. The second kappa shape index (κ2) is 10.5. The Labute approximate surface area is 242 Å². The van der Waals surface area contributed by atoms with Gasteiger partial charge >= 0.3 is 0 Å². The molecule has 1 aromatic heterocycles. The van der Waals surface area contributed by atoms with Gasteiger partial charge < -0.3 is 4.74 Å². The number of hydrogen-bond acceptors (Lipinski definition) is 5. The number of para-hydroxylation sites is 2. The average Bonchev–Trinajstić information content (AvgIpc) is 3.36. The van der Waals surface area contributed by atoms with Gasteiger partial charge in [-0.15, -0.1) is 0 Å². The lowest BCUT2D eigenvalue weighted by Crippen LogP contribution is -2.54. The zero-order valence-electron chi connectivity index (χ0n) is 21.6. The first-order chi connectivity index (χ1) is 19.8. The summed E-state index contributed by atoms with van der Waals surface area (Å²) in [5, 5.41) is 3.36. The van der Waals surface area contributed by atoms with Crippen molar-refractivity contribution in [2.24, 2.45) is 0 Å². The molecule has 9 heteroatoms. The van der Waals surface area contributed by atoms with Crippen LogP contribution in [0.4, 0.5) is 5.69 Å². The van der Waals surface area contributed by atoms with Gasteiger partial charge in [-0.25, -0.2) is 4.21 Å². The van der Waals surface area contributed by atoms with Crippen LogP contribution < -0.4 is 15.0 Å². The van der Waals surface area contributed by atoms with Gasteiger partial charge in [0.1, 0.15) is 17.1 Å². The smallest absolute Gasteiger partial charge is 0.270 e. The Morgan fingerprint density at radius 1 is 0.805 bits per heavy atom. The van der Waals surface area contributed by atoms with E-state index in [1.165, 1.54) is 11.0 Å². The van der Waals surface area contributed by atoms with Crippen molar-refractivity contribution >= 4 is 67.4 Å². The quantitative estimate of drug-likeness (QED) is 0.157. The molecule has 0 spiro atoms. The number of fused-ring (bicyclic) bond motifs is 1. The number of thiocarbonyl (C=S) groups is 1. The lowest BCUT2D eigenvalue weighted by molar-refractivity contribution is -0.122. The third-order valence-electron chi connectivity index (χ3n) is 6.57. The molecule has 1 saturated heterocycles. The molecule has 1 N–H and O–H groups in total. The summed E-state index contributed by atoms with van der Waals surface area (Å²) in [6.07, 6.45) is 1.44. The number of nitrogens with zero attached hydrogens (tertiary/aromatic N) is 2. The third-order valence-corrected chi connectivity index (χ3v) is 8.86. The molecule has 7 nitrogen and oxygen atoms in total. The van der Waals surface area contributed by atoms with Gasteiger partial charge in [-0.1, -0.05) is 54.6 Å². The predicted octanol–water partition coefficient (Wildman–Crippen LogP) is 5.80. The highest BCUT2D eigenvalue weighted by molar-refractivity contribution is 7.99. The third kappa shape index (κ3) is 4.93. The molecule has 2 amide bonds. The Morgan fingerprint density at radius 2 is 1.41 bits per heavy atom. The Balaban J connectivity index is 1.40. The maximum atomic E-state index is 14.2. The zero-order valence-corrected chi connectivity index (χ0v) is 23.2. The van der Waals surface area contributed by atoms with Crippen LogP contribution in [0.3, 0.4) is 0 Å². The van der Waals surface area contributed by atoms with Crippen LogP contribution in [0.1, 0.15) is 5.69 Å². The second-order valence-electron chi connectivity index (χ2n) is 9.24. The fraction of sp³-hybridized carbons (Fsp3) is 0. The molecule has 5 aromatic rings. The fourth-order valence-electron chi connectivity index (χ4n) is 4.65. The highest BCUT2D eigenvalue weighted by Gasteiger charge is 2.35. The number of benzene rings is 4. The number of amides is 2. The first-order valence-electron chi connectivity index (χ1n) is 12.6. The Morgan fingerprint density at radius 3 is 2.12 bits per heavy atom. The molecule has 202 valence electrons. The maximum Gasteiger partial charge on any atom is 0.270 e. The van der Waals surface area contributed by atoms with Gasteiger partial charge in [-0.3, -0.25) is 23.8 Å². The standard InChI is InChI=1S/C32H23N3O4S2/c1-41(38,27-13-6-3-7-14-27)35-24(20-22-10-8-9-15-29(22)35)21-28-30(36)33-32(40)34(31(28)37)23-16-18-26(19-17-23)39-25-11-4-2-5-12-25/h2-21H,1H2,(H,33,36,40)/b28-21+. The largest absolute Gasteiger partial charge is 0.457 e. The maximum absolute atomic E-state index is 14.2. The van der Waals surface area contributed by atoms with Crippen molar-refractivity contribution in [3.05, 3.63) is 127 Å². The van der Waals surface area contributed by atoms with E-state index in [4.69, 9.17) is 17.0 Å². The SMILES string of the molecule is C=S(=O)(c1ccccc1)n1c(/C=C2\C(=O)NC(=S)N(c3ccc(Oc4ccccc4)cc3)C2=O)cc2ccccc21. The second-order valence-corrected chi connectivity index (χ2v) is 11.7. The fourth-order valence-corrected chi connectivity index (χ4v) is 6.65. The predicted molar refractivity (Wildman–Crippen MR) is 166 cm³/mol. The molecule has 0 aliphatic carbocycles. The molecular formula is C32H23N3O4S2. The van der Waals surface area contributed by atoms with Gasteiger partial charge in [-0.05, 0) is 84.8 Å². The molecule has 1 aliphatic heterocycles. The topological polar surface area (TPSA) is 80.6 Å². The van der Waals surface area contributed by atoms with Gasteiger partial charge in [0.05, 0.1) is 26.6 Å². The number of ether oxygens (including phenoxy) is 1. The number of rotatable bonds is 6. The first kappa shape index (κ1) is 26.2. The average molecular weight is 578 g/mol. The van der Waals surface area contributed by atoms with Crippen LogP contribution in [0.15, 0.2) is 126 Å². The number of nitrogens with one attached hydrogen (secondary N) is 1. The first-order valence-corrected chi connectivity index (χ1v) is 14.7. The molecule has 1 aliphatic rings. The molecule has 0 bridgehead atoms. The summed E-state index contributed by atoms with van der Waals surface area (Å²) >= 11 is 5.37. The number of hydrogen-bond donors (Lipinski definition) is 1. The molecule has 2 heterocycles. The highest BCUT2D eigenvalue weighted by atomic mass is 32.2. The van der Waals surface area contributed by atoms with Gasteiger partial charge in [-0.2, -0.15) is 0 Å². The summed E-state index contributed by atoms with van der Waals surface area (Å²) < 4.78 is 21.6. The van der Waals surface area contributed by atoms with Crippen LogP contribution in [0.2, 0.25) is 0 Å². The summed E-state index contributed by atoms with van der Waals surface area (Å²) in [5.74, 6) is 4.07. The Bertz CT molecular complexity index is 1950. The number of anilines is 1. The van der Waals surface area contributed by atoms with E-state index in [-0.39, 0.29) is 10.7 Å². The lowest BCUT2D eigenvalue weighted by Gasteiger charge is -2.29. The van der Waals surface area contributed by atoms with Crippen molar-refractivity contribution in [1.29, 1.82) is 0 Å². The van der Waals surface area contributed by atoms with Gasteiger partial charge in [0.25, 0.3) is 11.8 Å². The van der Waals surface area contributed by atoms with Gasteiger partial charge in [0.2, 0.25) is 0 Å². The van der Waals surface area contributed by atoms with Crippen LogP contribution in [-0.2, 0) is 19.3 Å². The van der Waals surface area contributed by atoms with Crippen molar-refractivity contribution in [3.8, 4) is 11.5 Å². The van der Waals surface area contributed by atoms with Crippen molar-refractivity contribution in [3.63, 3.8) is 0 Å². The molecule has 41 heavy (non-hydrogen) atoms. The molecule has 4 aromatic carbocycles. The summed E-state index contributed by atoms with van der Waals surface area (Å²) in [7, 11) is -3.07. The molecule has 1 unspecified atom stereocenters. The summed E-state index contributed by atoms with van der Waals surface area (Å²) in [6, 6.07) is 34.2.